The maximum absolute atomic E-state index is 9.53. The number of aromatic nitrogens is 2. The lowest BCUT2D eigenvalue weighted by Crippen LogP contribution is -2.30. The van der Waals surface area contributed by atoms with Crippen LogP contribution in [0.15, 0.2) is 0 Å². The van der Waals surface area contributed by atoms with Crippen molar-refractivity contribution in [2.75, 3.05) is 12.3 Å². The van der Waals surface area contributed by atoms with Crippen LogP contribution < -0.4 is 16.4 Å². The third kappa shape index (κ3) is 2.68. The minimum atomic E-state index is -0.578. The van der Waals surface area contributed by atoms with Crippen molar-refractivity contribution in [1.29, 1.82) is 15.8 Å². The van der Waals surface area contributed by atoms with Gasteiger partial charge in [-0.1, -0.05) is 0 Å². The van der Waals surface area contributed by atoms with Gasteiger partial charge < -0.3 is 15.6 Å². The van der Waals surface area contributed by atoms with Gasteiger partial charge in [0.1, 0.15) is 23.6 Å². The number of aliphatic hydroxyl groups excluding tert-OH is 1. The topological polar surface area (TPSA) is 153 Å². The Bertz CT molecular complexity index is 732. The molecule has 0 aliphatic rings. The van der Waals surface area contributed by atoms with Crippen molar-refractivity contribution in [3.8, 4) is 18.2 Å². The number of nitrogens with zero attached hydrogens (tertiary/aromatic N) is 5. The van der Waals surface area contributed by atoms with Gasteiger partial charge in [-0.25, -0.2) is 9.97 Å². The molecular formula is C11H8N6O2. The Morgan fingerprint density at radius 1 is 1.26 bits per heavy atom. The summed E-state index contributed by atoms with van der Waals surface area (Å²) >= 11 is 0. The van der Waals surface area contributed by atoms with E-state index in [9.17, 15) is 5.11 Å². The highest BCUT2D eigenvalue weighted by atomic mass is 16.6. The van der Waals surface area contributed by atoms with Crippen molar-refractivity contribution in [2.24, 2.45) is 0 Å². The number of aliphatic hydroxyl groups is 1. The van der Waals surface area contributed by atoms with E-state index in [4.69, 9.17) is 26.3 Å². The standard InChI is InChI=1S/C11H8N6O2/c1-2-19-11(18)9-10(15)17-8(6(3-12)4-13)7(5-14)16-9/h18H,2H2,1H3,(H2,15,17)/b11-9+. The van der Waals surface area contributed by atoms with Gasteiger partial charge in [0.2, 0.25) is 0 Å². The first-order chi connectivity index (χ1) is 9.08. The van der Waals surface area contributed by atoms with E-state index in [0.29, 0.717) is 0 Å². The lowest BCUT2D eigenvalue weighted by Gasteiger charge is -2.02. The minimum Gasteiger partial charge on any atom is -0.479 e. The Balaban J connectivity index is 3.84. The highest BCUT2D eigenvalue weighted by Crippen LogP contribution is 1.94. The summed E-state index contributed by atoms with van der Waals surface area (Å²) < 4.78 is 4.80. The van der Waals surface area contributed by atoms with Gasteiger partial charge in [0.25, 0.3) is 0 Å². The summed E-state index contributed by atoms with van der Waals surface area (Å²) in [6, 6.07) is 4.86. The molecule has 0 aromatic carbocycles. The summed E-state index contributed by atoms with van der Waals surface area (Å²) in [6.07, 6.45) is 0. The number of nitrogen functional groups attached to an aromatic ring is 1. The maximum atomic E-state index is 9.53. The van der Waals surface area contributed by atoms with Crippen molar-refractivity contribution in [1.82, 2.24) is 9.97 Å². The average Bonchev–Trinajstić information content (AvgIpc) is 2.40. The van der Waals surface area contributed by atoms with Crippen LogP contribution in [0.25, 0.3) is 11.5 Å². The Labute approximate surface area is 107 Å². The van der Waals surface area contributed by atoms with Crippen LogP contribution in [0.4, 0.5) is 5.82 Å². The zero-order valence-corrected chi connectivity index (χ0v) is 9.88. The molecule has 1 heterocycles. The summed E-state index contributed by atoms with van der Waals surface area (Å²) in [6.45, 7) is 1.81. The van der Waals surface area contributed by atoms with Gasteiger partial charge >= 0.3 is 5.95 Å². The highest BCUT2D eigenvalue weighted by Gasteiger charge is 2.10. The van der Waals surface area contributed by atoms with E-state index in [1.807, 2.05) is 0 Å². The molecule has 0 saturated carbocycles. The van der Waals surface area contributed by atoms with Crippen molar-refractivity contribution in [3.05, 3.63) is 16.4 Å². The molecule has 0 saturated heterocycles. The number of hydrogen-bond donors (Lipinski definition) is 2. The lowest BCUT2D eigenvalue weighted by atomic mass is 10.2. The second kappa shape index (κ2) is 5.85. The number of anilines is 1. The molecule has 0 aliphatic heterocycles. The SMILES string of the molecule is CCO/C(O)=c1/nc(C#N)c(=C(C#N)C#N)nc1N. The zero-order valence-electron chi connectivity index (χ0n) is 9.88. The summed E-state index contributed by atoms with van der Waals surface area (Å²) in [4.78, 5) is 7.48. The quantitative estimate of drug-likeness (QED) is 0.668. The smallest absolute Gasteiger partial charge is 0.307 e. The lowest BCUT2D eigenvalue weighted by molar-refractivity contribution is 0.189. The Morgan fingerprint density at radius 3 is 2.37 bits per heavy atom. The molecule has 1 rings (SSSR count). The summed E-state index contributed by atoms with van der Waals surface area (Å²) in [5.74, 6) is -0.825. The molecule has 0 radical (unpaired) electrons. The molecule has 0 bridgehead atoms. The summed E-state index contributed by atoms with van der Waals surface area (Å²) in [7, 11) is 0. The fourth-order valence-electron chi connectivity index (χ4n) is 1.19. The first kappa shape index (κ1) is 13.8. The molecule has 94 valence electrons. The fraction of sp³-hybridized carbons (Fsp3) is 0.182. The third-order valence-corrected chi connectivity index (χ3v) is 1.97. The van der Waals surface area contributed by atoms with Crippen LogP contribution >= 0.6 is 0 Å². The predicted molar refractivity (Wildman–Crippen MR) is 62.7 cm³/mol. The van der Waals surface area contributed by atoms with Gasteiger partial charge in [0, 0.05) is 0 Å². The first-order valence-electron chi connectivity index (χ1n) is 5.03. The molecule has 0 atom stereocenters. The molecule has 0 unspecified atom stereocenters. The van der Waals surface area contributed by atoms with Gasteiger partial charge in [-0.15, -0.1) is 0 Å². The van der Waals surface area contributed by atoms with E-state index in [0.717, 1.165) is 0 Å². The zero-order chi connectivity index (χ0) is 14.4. The normalized spacial score (nSPS) is 10.6. The highest BCUT2D eigenvalue weighted by molar-refractivity contribution is 5.72. The van der Waals surface area contributed by atoms with Crippen LogP contribution in [0.1, 0.15) is 12.6 Å². The van der Waals surface area contributed by atoms with E-state index in [-0.39, 0.29) is 28.8 Å². The van der Waals surface area contributed by atoms with Crippen LogP contribution in [0, 0.1) is 34.0 Å². The predicted octanol–water partition coefficient (Wildman–Crippen LogP) is -1.21. The van der Waals surface area contributed by atoms with E-state index >= 15 is 0 Å². The van der Waals surface area contributed by atoms with Gasteiger partial charge in [0.15, 0.2) is 22.4 Å². The molecule has 3 N–H and O–H groups in total. The second-order valence-corrected chi connectivity index (χ2v) is 3.10. The molecular weight excluding hydrogens is 248 g/mol. The third-order valence-electron chi connectivity index (χ3n) is 1.97. The van der Waals surface area contributed by atoms with E-state index < -0.39 is 11.5 Å². The van der Waals surface area contributed by atoms with E-state index in [1.54, 1.807) is 25.1 Å². The van der Waals surface area contributed by atoms with Crippen LogP contribution in [-0.4, -0.2) is 21.7 Å². The van der Waals surface area contributed by atoms with Crippen LogP contribution in [-0.2, 0) is 4.74 Å². The van der Waals surface area contributed by atoms with Gasteiger partial charge in [-0.2, -0.15) is 15.8 Å². The largest absolute Gasteiger partial charge is 0.479 e. The van der Waals surface area contributed by atoms with Gasteiger partial charge in [-0.05, 0) is 6.92 Å². The Morgan fingerprint density at radius 2 is 1.89 bits per heavy atom. The number of nitrogens with two attached hydrogens (primary N) is 1. The Hall–Kier alpha value is -3.31. The molecule has 19 heavy (non-hydrogen) atoms. The second-order valence-electron chi connectivity index (χ2n) is 3.10. The average molecular weight is 256 g/mol. The van der Waals surface area contributed by atoms with E-state index in [1.165, 1.54) is 0 Å². The maximum Gasteiger partial charge on any atom is 0.307 e. The van der Waals surface area contributed by atoms with Gasteiger partial charge in [0.05, 0.1) is 6.61 Å². The molecule has 1 aromatic heterocycles. The van der Waals surface area contributed by atoms with Crippen molar-refractivity contribution >= 4 is 17.3 Å². The van der Waals surface area contributed by atoms with Crippen molar-refractivity contribution < 1.29 is 9.84 Å². The van der Waals surface area contributed by atoms with Gasteiger partial charge in [-0.3, -0.25) is 0 Å². The number of ether oxygens (including phenoxy) is 1. The molecule has 8 nitrogen and oxygen atoms in total. The molecule has 0 spiro atoms. The number of rotatable bonds is 2. The molecule has 1 aromatic rings. The first-order valence-corrected chi connectivity index (χ1v) is 5.03. The molecule has 0 amide bonds. The number of hydrogen-bond acceptors (Lipinski definition) is 8. The Kier molecular flexibility index (Phi) is 4.24. The van der Waals surface area contributed by atoms with E-state index in [2.05, 4.69) is 9.97 Å². The molecule has 0 fully saturated rings. The summed E-state index contributed by atoms with van der Waals surface area (Å²) in [5.41, 5.74) is 4.86. The number of nitriles is 3. The minimum absolute atomic E-state index is 0.171. The van der Waals surface area contributed by atoms with Crippen LogP contribution in [0.5, 0.6) is 0 Å². The van der Waals surface area contributed by atoms with Crippen LogP contribution in [0.2, 0.25) is 0 Å². The fourth-order valence-corrected chi connectivity index (χ4v) is 1.19. The summed E-state index contributed by atoms with van der Waals surface area (Å²) in [5, 5.41) is 35.5. The molecule has 0 aliphatic carbocycles. The monoisotopic (exact) mass is 256 g/mol. The van der Waals surface area contributed by atoms with Crippen molar-refractivity contribution in [2.45, 2.75) is 6.92 Å². The van der Waals surface area contributed by atoms with Crippen molar-refractivity contribution in [3.63, 3.8) is 0 Å². The molecule has 8 heteroatoms. The van der Waals surface area contributed by atoms with Crippen LogP contribution in [0.3, 0.4) is 0 Å².